The number of halogens is 1. The molecule has 3 aromatic rings. The number of aliphatic imine (C=N–C) groups is 1. The minimum atomic E-state index is 0.540. The van der Waals surface area contributed by atoms with Crippen LogP contribution in [0.5, 0.6) is 0 Å². The van der Waals surface area contributed by atoms with E-state index in [1.807, 2.05) is 48.9 Å². The van der Waals surface area contributed by atoms with Crippen LogP contribution in [0.2, 0.25) is 5.02 Å². The van der Waals surface area contributed by atoms with Crippen LogP contribution in [0.3, 0.4) is 0 Å². The zero-order valence-corrected chi connectivity index (χ0v) is 16.3. The van der Waals surface area contributed by atoms with E-state index in [0.29, 0.717) is 18.1 Å². The van der Waals surface area contributed by atoms with Crippen molar-refractivity contribution in [2.75, 3.05) is 0 Å². The average Bonchev–Trinajstić information content (AvgIpc) is 3.26. The van der Waals surface area contributed by atoms with Gasteiger partial charge in [-0.3, -0.25) is 0 Å². The number of rotatable bonds is 6. The maximum Gasteiger partial charge on any atom is 0.192 e. The van der Waals surface area contributed by atoms with Gasteiger partial charge in [0.15, 0.2) is 11.8 Å². The third kappa shape index (κ3) is 5.06. The molecule has 3 rings (SSSR count). The molecule has 0 aliphatic carbocycles. The van der Waals surface area contributed by atoms with Gasteiger partial charge in [-0.1, -0.05) is 29.8 Å². The van der Waals surface area contributed by atoms with Crippen molar-refractivity contribution in [3.8, 4) is 0 Å². The Morgan fingerprint density at radius 3 is 2.73 bits per heavy atom. The summed E-state index contributed by atoms with van der Waals surface area (Å²) in [7, 11) is 1.95. The molecule has 0 amide bonds. The first-order valence-electron chi connectivity index (χ1n) is 8.25. The van der Waals surface area contributed by atoms with Crippen molar-refractivity contribution in [1.82, 2.24) is 25.4 Å². The Bertz CT molecular complexity index is 872. The molecule has 2 N–H and O–H groups in total. The topological polar surface area (TPSA) is 67.1 Å². The zero-order valence-electron chi connectivity index (χ0n) is 14.7. The minimum absolute atomic E-state index is 0.540. The molecule has 1 aromatic carbocycles. The van der Waals surface area contributed by atoms with E-state index in [-0.39, 0.29) is 0 Å². The van der Waals surface area contributed by atoms with E-state index in [1.54, 1.807) is 11.3 Å². The first kappa shape index (κ1) is 18.4. The molecule has 26 heavy (non-hydrogen) atoms. The molecular formula is C18H21ClN6S. The Kier molecular flexibility index (Phi) is 6.25. The second-order valence-corrected chi connectivity index (χ2v) is 7.27. The highest BCUT2D eigenvalue weighted by Crippen LogP contribution is 2.11. The number of hydrogen-bond donors (Lipinski definition) is 2. The van der Waals surface area contributed by atoms with Crippen molar-refractivity contribution in [2.45, 2.75) is 26.6 Å². The van der Waals surface area contributed by atoms with Crippen molar-refractivity contribution in [1.29, 1.82) is 0 Å². The van der Waals surface area contributed by atoms with Crippen LogP contribution in [0.15, 0.2) is 46.8 Å². The van der Waals surface area contributed by atoms with Crippen molar-refractivity contribution < 1.29 is 0 Å². The summed E-state index contributed by atoms with van der Waals surface area (Å²) < 4.78 is 1.96. The molecule has 0 aliphatic heterocycles. The molecule has 0 spiro atoms. The summed E-state index contributed by atoms with van der Waals surface area (Å²) in [6.07, 6.45) is 0. The van der Waals surface area contributed by atoms with Crippen LogP contribution in [-0.2, 0) is 26.7 Å². The highest BCUT2D eigenvalue weighted by molar-refractivity contribution is 7.09. The number of benzene rings is 1. The van der Waals surface area contributed by atoms with E-state index in [0.717, 1.165) is 29.7 Å². The monoisotopic (exact) mass is 388 g/mol. The maximum atomic E-state index is 6.05. The van der Waals surface area contributed by atoms with Crippen molar-refractivity contribution in [3.05, 3.63) is 68.9 Å². The van der Waals surface area contributed by atoms with Crippen molar-refractivity contribution >= 4 is 28.9 Å². The predicted molar refractivity (Wildman–Crippen MR) is 106 cm³/mol. The largest absolute Gasteiger partial charge is 0.351 e. The maximum absolute atomic E-state index is 6.05. The molecule has 8 heteroatoms. The lowest BCUT2D eigenvalue weighted by Crippen LogP contribution is -2.37. The van der Waals surface area contributed by atoms with E-state index in [2.05, 4.69) is 37.3 Å². The summed E-state index contributed by atoms with van der Waals surface area (Å²) in [6.45, 7) is 3.73. The second kappa shape index (κ2) is 8.82. The highest BCUT2D eigenvalue weighted by Gasteiger charge is 2.07. The van der Waals surface area contributed by atoms with Crippen LogP contribution in [0, 0.1) is 6.92 Å². The fraction of sp³-hybridized carbons (Fsp3) is 0.278. The Morgan fingerprint density at radius 2 is 2.04 bits per heavy atom. The third-order valence-corrected chi connectivity index (χ3v) is 5.03. The van der Waals surface area contributed by atoms with Crippen LogP contribution < -0.4 is 10.6 Å². The molecule has 2 aromatic heterocycles. The molecule has 0 bridgehead atoms. The molecule has 0 saturated heterocycles. The van der Waals surface area contributed by atoms with Crippen LogP contribution in [0.4, 0.5) is 0 Å². The standard InChI is InChI=1S/C18H21ClN6S/c1-13-23-24-17(25(13)2)12-22-18(21-11-16-7-4-8-26-16)20-10-14-5-3-6-15(19)9-14/h3-9H,10-12H2,1-2H3,(H2,20,21,22). The molecule has 136 valence electrons. The lowest BCUT2D eigenvalue weighted by molar-refractivity contribution is 0.715. The highest BCUT2D eigenvalue weighted by atomic mass is 35.5. The fourth-order valence-electron chi connectivity index (χ4n) is 2.33. The molecule has 6 nitrogen and oxygen atoms in total. The Balaban J connectivity index is 1.67. The van der Waals surface area contributed by atoms with Gasteiger partial charge in [0.2, 0.25) is 0 Å². The van der Waals surface area contributed by atoms with Crippen LogP contribution in [0.1, 0.15) is 22.1 Å². The number of hydrogen-bond acceptors (Lipinski definition) is 4. The van der Waals surface area contributed by atoms with Gasteiger partial charge in [0, 0.05) is 16.9 Å². The van der Waals surface area contributed by atoms with Gasteiger partial charge < -0.3 is 15.2 Å². The van der Waals surface area contributed by atoms with Crippen LogP contribution in [-0.4, -0.2) is 20.7 Å². The predicted octanol–water partition coefficient (Wildman–Crippen LogP) is 3.27. The van der Waals surface area contributed by atoms with Crippen molar-refractivity contribution in [2.24, 2.45) is 12.0 Å². The lowest BCUT2D eigenvalue weighted by atomic mass is 10.2. The zero-order chi connectivity index (χ0) is 18.4. The minimum Gasteiger partial charge on any atom is -0.351 e. The van der Waals surface area contributed by atoms with Crippen molar-refractivity contribution in [3.63, 3.8) is 0 Å². The summed E-state index contributed by atoms with van der Waals surface area (Å²) in [5.41, 5.74) is 1.06. The third-order valence-electron chi connectivity index (χ3n) is 3.92. The first-order valence-corrected chi connectivity index (χ1v) is 9.51. The van der Waals surface area contributed by atoms with Crippen LogP contribution >= 0.6 is 22.9 Å². The quantitative estimate of drug-likeness (QED) is 0.502. The number of nitrogens with one attached hydrogen (secondary N) is 2. The summed E-state index contributed by atoms with van der Waals surface area (Å²) in [4.78, 5) is 5.92. The Morgan fingerprint density at radius 1 is 1.19 bits per heavy atom. The molecule has 0 radical (unpaired) electrons. The van der Waals surface area contributed by atoms with Crippen LogP contribution in [0.25, 0.3) is 0 Å². The van der Waals surface area contributed by atoms with Gasteiger partial charge in [-0.25, -0.2) is 4.99 Å². The van der Waals surface area contributed by atoms with E-state index in [1.165, 1.54) is 4.88 Å². The lowest BCUT2D eigenvalue weighted by Gasteiger charge is -2.12. The number of guanidine groups is 1. The summed E-state index contributed by atoms with van der Waals surface area (Å²) in [6, 6.07) is 11.9. The number of thiophene rings is 1. The van der Waals surface area contributed by atoms with Gasteiger partial charge in [-0.15, -0.1) is 21.5 Å². The molecule has 0 fully saturated rings. The smallest absolute Gasteiger partial charge is 0.192 e. The normalized spacial score (nSPS) is 11.6. The Hall–Kier alpha value is -2.38. The molecule has 0 saturated carbocycles. The summed E-state index contributed by atoms with van der Waals surface area (Å²) in [5.74, 6) is 2.46. The molecule has 0 aliphatic rings. The molecule has 2 heterocycles. The van der Waals surface area contributed by atoms with Gasteiger partial charge in [-0.05, 0) is 36.1 Å². The fourth-order valence-corrected chi connectivity index (χ4v) is 3.19. The van der Waals surface area contributed by atoms with E-state index in [4.69, 9.17) is 11.6 Å². The van der Waals surface area contributed by atoms with E-state index >= 15 is 0 Å². The van der Waals surface area contributed by atoms with Gasteiger partial charge in [0.1, 0.15) is 5.82 Å². The van der Waals surface area contributed by atoms with E-state index < -0.39 is 0 Å². The molecule has 0 atom stereocenters. The SMILES string of the molecule is Cc1nnc(CNC(=NCc2cccc(Cl)c2)NCc2cccs2)n1C. The van der Waals surface area contributed by atoms with E-state index in [9.17, 15) is 0 Å². The molecule has 0 unspecified atom stereocenters. The van der Waals surface area contributed by atoms with Gasteiger partial charge in [0.05, 0.1) is 19.6 Å². The van der Waals surface area contributed by atoms with Gasteiger partial charge in [0.25, 0.3) is 0 Å². The van der Waals surface area contributed by atoms with Gasteiger partial charge in [-0.2, -0.15) is 0 Å². The average molecular weight is 389 g/mol. The Labute approximate surface area is 162 Å². The number of aryl methyl sites for hydroxylation is 1. The second-order valence-electron chi connectivity index (χ2n) is 5.80. The summed E-state index contributed by atoms with van der Waals surface area (Å²) in [5, 5.41) is 17.7. The summed E-state index contributed by atoms with van der Waals surface area (Å²) >= 11 is 7.77. The molecular weight excluding hydrogens is 368 g/mol. The number of nitrogens with zero attached hydrogens (tertiary/aromatic N) is 4. The number of aromatic nitrogens is 3. The van der Waals surface area contributed by atoms with Gasteiger partial charge >= 0.3 is 0 Å². The first-order chi connectivity index (χ1) is 12.6.